The third-order valence-electron chi connectivity index (χ3n) is 5.38. The van der Waals surface area contributed by atoms with Crippen LogP contribution in [0.2, 0.25) is 5.02 Å². The third kappa shape index (κ3) is 2.91. The topological polar surface area (TPSA) is 83.6 Å². The number of carbonyl (C=O) groups excluding carboxylic acids is 1. The summed E-state index contributed by atoms with van der Waals surface area (Å²) in [6.45, 7) is 1.10. The van der Waals surface area contributed by atoms with Gasteiger partial charge in [0.25, 0.3) is 5.91 Å². The summed E-state index contributed by atoms with van der Waals surface area (Å²) < 4.78 is 5.22. The number of hydrogen-bond acceptors (Lipinski definition) is 4. The molecular weight excluding hydrogens is 344 g/mol. The van der Waals surface area contributed by atoms with E-state index < -0.39 is 5.97 Å². The molecule has 1 atom stereocenters. The molecule has 25 heavy (non-hydrogen) atoms. The van der Waals surface area contributed by atoms with Crippen LogP contribution < -0.4 is 0 Å². The second kappa shape index (κ2) is 5.88. The van der Waals surface area contributed by atoms with E-state index in [9.17, 15) is 9.59 Å². The molecule has 2 aromatic rings. The van der Waals surface area contributed by atoms with Crippen LogP contribution in [0.15, 0.2) is 34.9 Å². The summed E-state index contributed by atoms with van der Waals surface area (Å²) in [5, 5.41) is 13.7. The fourth-order valence-electron chi connectivity index (χ4n) is 3.72. The summed E-state index contributed by atoms with van der Waals surface area (Å²) in [4.78, 5) is 25.4. The van der Waals surface area contributed by atoms with Crippen LogP contribution >= 0.6 is 11.6 Å². The Morgan fingerprint density at radius 3 is 2.68 bits per heavy atom. The maximum absolute atomic E-state index is 12.6. The number of carboxylic acid groups (broad SMARTS) is 1. The van der Waals surface area contributed by atoms with Crippen LogP contribution in [-0.2, 0) is 4.79 Å². The van der Waals surface area contributed by atoms with Crippen LogP contribution in [0.3, 0.4) is 0 Å². The largest absolute Gasteiger partial charge is 0.481 e. The minimum atomic E-state index is -0.721. The molecule has 1 saturated carbocycles. The maximum atomic E-state index is 12.6. The van der Waals surface area contributed by atoms with Gasteiger partial charge in [-0.3, -0.25) is 9.59 Å². The predicted molar refractivity (Wildman–Crippen MR) is 90.3 cm³/mol. The molecule has 2 fully saturated rings. The van der Waals surface area contributed by atoms with Crippen molar-refractivity contribution in [3.05, 3.63) is 41.1 Å². The average molecular weight is 361 g/mol. The third-order valence-corrected chi connectivity index (χ3v) is 5.61. The number of piperidine rings is 1. The van der Waals surface area contributed by atoms with Gasteiger partial charge in [0.15, 0.2) is 0 Å². The molecule has 7 heteroatoms. The fraction of sp³-hybridized carbons (Fsp3) is 0.389. The highest BCUT2D eigenvalue weighted by Crippen LogP contribution is 2.59. The molecule has 1 spiro atoms. The van der Waals surface area contributed by atoms with E-state index in [1.807, 2.05) is 12.1 Å². The first-order chi connectivity index (χ1) is 12.0. The molecule has 1 amide bonds. The smallest absolute Gasteiger partial charge is 0.307 e. The lowest BCUT2D eigenvalue weighted by Gasteiger charge is -2.31. The van der Waals surface area contributed by atoms with Crippen LogP contribution in [0.4, 0.5) is 0 Å². The summed E-state index contributed by atoms with van der Waals surface area (Å²) >= 11 is 5.98. The molecular formula is C18H17ClN2O4. The molecule has 0 bridgehead atoms. The van der Waals surface area contributed by atoms with Crippen LogP contribution in [0.25, 0.3) is 11.3 Å². The van der Waals surface area contributed by atoms with E-state index in [4.69, 9.17) is 21.2 Å². The van der Waals surface area contributed by atoms with E-state index in [1.165, 1.54) is 0 Å². The summed E-state index contributed by atoms with van der Waals surface area (Å²) in [7, 11) is 0. The van der Waals surface area contributed by atoms with E-state index in [-0.39, 0.29) is 23.0 Å². The number of aromatic nitrogens is 1. The lowest BCUT2D eigenvalue weighted by molar-refractivity contribution is -0.139. The molecule has 130 valence electrons. The zero-order chi connectivity index (χ0) is 17.6. The lowest BCUT2D eigenvalue weighted by atomic mass is 9.90. The monoisotopic (exact) mass is 360 g/mol. The first-order valence-corrected chi connectivity index (χ1v) is 8.61. The van der Waals surface area contributed by atoms with Crippen molar-refractivity contribution in [2.75, 3.05) is 13.1 Å². The summed E-state index contributed by atoms with van der Waals surface area (Å²) in [6.07, 6.45) is 2.18. The van der Waals surface area contributed by atoms with E-state index in [2.05, 4.69) is 5.16 Å². The number of halogens is 1. The number of benzene rings is 1. The second-order valence-corrected chi connectivity index (χ2v) is 7.27. The van der Waals surface area contributed by atoms with Gasteiger partial charge in [-0.2, -0.15) is 0 Å². The number of nitrogens with zero attached hydrogens (tertiary/aromatic N) is 2. The van der Waals surface area contributed by atoms with Gasteiger partial charge in [0.1, 0.15) is 5.69 Å². The highest BCUT2D eigenvalue weighted by atomic mass is 35.5. The van der Waals surface area contributed by atoms with Crippen LogP contribution in [-0.4, -0.2) is 40.1 Å². The Kier molecular flexibility index (Phi) is 3.80. The Labute approximate surface area is 149 Å². The number of rotatable bonds is 3. The van der Waals surface area contributed by atoms with Gasteiger partial charge in [0.2, 0.25) is 5.76 Å². The molecule has 4 rings (SSSR count). The predicted octanol–water partition coefficient (Wildman–Crippen LogP) is 3.32. The normalized spacial score (nSPS) is 21.3. The molecule has 1 saturated heterocycles. The zero-order valence-electron chi connectivity index (χ0n) is 13.4. The van der Waals surface area contributed by atoms with Crippen molar-refractivity contribution in [1.82, 2.24) is 10.1 Å². The Hall–Kier alpha value is -2.34. The molecule has 1 aromatic heterocycles. The Morgan fingerprint density at radius 2 is 2.04 bits per heavy atom. The van der Waals surface area contributed by atoms with Crippen LogP contribution in [0, 0.1) is 11.3 Å². The van der Waals surface area contributed by atoms with Crippen LogP contribution in [0.1, 0.15) is 29.8 Å². The SMILES string of the molecule is O=C(O)C1CC12CCN(C(=O)c1cc(-c3cccc(Cl)c3)no1)CC2. The van der Waals surface area contributed by atoms with Crippen molar-refractivity contribution in [1.29, 1.82) is 0 Å². The number of likely N-dealkylation sites (tertiary alicyclic amines) is 1. The summed E-state index contributed by atoms with van der Waals surface area (Å²) in [5.41, 5.74) is 1.25. The van der Waals surface area contributed by atoms with Crippen molar-refractivity contribution in [3.63, 3.8) is 0 Å². The van der Waals surface area contributed by atoms with Gasteiger partial charge in [0.05, 0.1) is 5.92 Å². The van der Waals surface area contributed by atoms with E-state index in [1.54, 1.807) is 23.1 Å². The van der Waals surface area contributed by atoms with Gasteiger partial charge in [0, 0.05) is 29.7 Å². The standard InChI is InChI=1S/C18H17ClN2O4/c19-12-3-1-2-11(8-12)14-9-15(25-20-14)16(22)21-6-4-18(5-7-21)10-13(18)17(23)24/h1-3,8-9,13H,4-7,10H2,(H,23,24). The first kappa shape index (κ1) is 16.1. The molecule has 1 aliphatic heterocycles. The van der Waals surface area contributed by atoms with Gasteiger partial charge < -0.3 is 14.5 Å². The van der Waals surface area contributed by atoms with E-state index in [0.29, 0.717) is 23.8 Å². The molecule has 1 N–H and O–H groups in total. The number of hydrogen-bond donors (Lipinski definition) is 1. The number of carbonyl (C=O) groups is 2. The molecule has 1 aromatic carbocycles. The van der Waals surface area contributed by atoms with Crippen molar-refractivity contribution < 1.29 is 19.2 Å². The zero-order valence-corrected chi connectivity index (χ0v) is 14.2. The highest BCUT2D eigenvalue weighted by Gasteiger charge is 2.59. The lowest BCUT2D eigenvalue weighted by Crippen LogP contribution is -2.39. The molecule has 1 aliphatic carbocycles. The Balaban J connectivity index is 1.44. The van der Waals surface area contributed by atoms with Crippen LogP contribution in [0.5, 0.6) is 0 Å². The minimum absolute atomic E-state index is 0.101. The highest BCUT2D eigenvalue weighted by molar-refractivity contribution is 6.30. The number of carboxylic acids is 1. The fourth-order valence-corrected chi connectivity index (χ4v) is 3.91. The molecule has 2 heterocycles. The van der Waals surface area contributed by atoms with Gasteiger partial charge in [-0.25, -0.2) is 0 Å². The van der Waals surface area contributed by atoms with Crippen molar-refractivity contribution in [2.24, 2.45) is 11.3 Å². The molecule has 1 unspecified atom stereocenters. The number of aliphatic carboxylic acids is 1. The van der Waals surface area contributed by atoms with Gasteiger partial charge >= 0.3 is 5.97 Å². The average Bonchev–Trinajstić information content (AvgIpc) is 3.08. The Bertz CT molecular complexity index is 839. The van der Waals surface area contributed by atoms with Gasteiger partial charge in [-0.05, 0) is 36.8 Å². The van der Waals surface area contributed by atoms with Crippen molar-refractivity contribution >= 4 is 23.5 Å². The van der Waals surface area contributed by atoms with E-state index in [0.717, 1.165) is 24.8 Å². The first-order valence-electron chi connectivity index (χ1n) is 8.23. The van der Waals surface area contributed by atoms with Gasteiger partial charge in [-0.1, -0.05) is 28.9 Å². The number of amides is 1. The van der Waals surface area contributed by atoms with Gasteiger partial charge in [-0.15, -0.1) is 0 Å². The Morgan fingerprint density at radius 1 is 1.28 bits per heavy atom. The second-order valence-electron chi connectivity index (χ2n) is 6.84. The molecule has 6 nitrogen and oxygen atoms in total. The maximum Gasteiger partial charge on any atom is 0.307 e. The minimum Gasteiger partial charge on any atom is -0.481 e. The quantitative estimate of drug-likeness (QED) is 0.907. The molecule has 2 aliphatic rings. The summed E-state index contributed by atoms with van der Waals surface area (Å²) in [6, 6.07) is 8.81. The van der Waals surface area contributed by atoms with Crippen molar-refractivity contribution in [3.8, 4) is 11.3 Å². The van der Waals surface area contributed by atoms with Crippen molar-refractivity contribution in [2.45, 2.75) is 19.3 Å². The van der Waals surface area contributed by atoms with E-state index >= 15 is 0 Å². The summed E-state index contributed by atoms with van der Waals surface area (Å²) in [5.74, 6) is -0.981. The molecule has 0 radical (unpaired) electrons.